The molecule has 0 atom stereocenters. The summed E-state index contributed by atoms with van der Waals surface area (Å²) in [6, 6.07) is 65.9. The molecule has 1 heterocycles. The van der Waals surface area contributed by atoms with Crippen LogP contribution in [0.5, 0.6) is 0 Å². The maximum Gasteiger partial charge on any atom is 0.164 e. The Balaban J connectivity index is 1.14. The van der Waals surface area contributed by atoms with Crippen molar-refractivity contribution in [3.63, 3.8) is 0 Å². The molecule has 0 spiro atoms. The number of nitrogens with zero attached hydrogens (tertiary/aromatic N) is 3. The molecule has 9 rings (SSSR count). The van der Waals surface area contributed by atoms with Gasteiger partial charge in [-0.05, 0) is 67.1 Å². The van der Waals surface area contributed by atoms with Crippen LogP contribution in [0.15, 0.2) is 188 Å². The Labute approximate surface area is 291 Å². The van der Waals surface area contributed by atoms with Crippen molar-refractivity contribution in [3.05, 3.63) is 188 Å². The second kappa shape index (κ2) is 12.7. The van der Waals surface area contributed by atoms with Gasteiger partial charge >= 0.3 is 0 Å². The van der Waals surface area contributed by atoms with Gasteiger partial charge in [0.1, 0.15) is 0 Å². The van der Waals surface area contributed by atoms with Gasteiger partial charge in [0.2, 0.25) is 0 Å². The third-order valence-corrected chi connectivity index (χ3v) is 9.34. The Bertz CT molecular complexity index is 2610. The second-order valence-electron chi connectivity index (χ2n) is 12.5. The average Bonchev–Trinajstić information content (AvgIpc) is 3.21. The van der Waals surface area contributed by atoms with Crippen LogP contribution in [0.1, 0.15) is 0 Å². The SMILES string of the molecule is c1ccc(-c2ccc(-c3ccc(-c4nc(-c5cccc(-c6ccccc6)c5)nc(-c5ccc6ccc7ccccc7c6c5)n4)cc3)cc2)cc1. The summed E-state index contributed by atoms with van der Waals surface area (Å²) >= 11 is 0. The summed E-state index contributed by atoms with van der Waals surface area (Å²) in [7, 11) is 0. The Morgan fingerprint density at radius 2 is 0.600 bits per heavy atom. The first-order valence-electron chi connectivity index (χ1n) is 16.9. The van der Waals surface area contributed by atoms with E-state index in [-0.39, 0.29) is 0 Å². The van der Waals surface area contributed by atoms with E-state index in [1.807, 2.05) is 12.1 Å². The molecule has 0 saturated carbocycles. The molecule has 3 heteroatoms. The van der Waals surface area contributed by atoms with Gasteiger partial charge in [-0.2, -0.15) is 0 Å². The molecule has 0 fully saturated rings. The lowest BCUT2D eigenvalue weighted by Crippen LogP contribution is -2.00. The lowest BCUT2D eigenvalue weighted by molar-refractivity contribution is 1.07. The highest BCUT2D eigenvalue weighted by Crippen LogP contribution is 2.33. The van der Waals surface area contributed by atoms with E-state index >= 15 is 0 Å². The predicted molar refractivity (Wildman–Crippen MR) is 207 cm³/mol. The van der Waals surface area contributed by atoms with Crippen LogP contribution >= 0.6 is 0 Å². The van der Waals surface area contributed by atoms with Crippen LogP contribution in [0.2, 0.25) is 0 Å². The van der Waals surface area contributed by atoms with Crippen molar-refractivity contribution in [2.45, 2.75) is 0 Å². The van der Waals surface area contributed by atoms with Crippen LogP contribution in [-0.4, -0.2) is 15.0 Å². The molecule has 0 aliphatic carbocycles. The van der Waals surface area contributed by atoms with Gasteiger partial charge in [-0.25, -0.2) is 15.0 Å². The normalized spacial score (nSPS) is 11.2. The standard InChI is InChI=1S/C47H31N3/c1-3-10-32(11-4-1)34-18-20-35(21-19-34)36-22-27-39(28-23-36)45-48-46(41-16-9-15-40(30-41)33-12-5-2-6-13-33)50-47(49-45)42-29-26-38-25-24-37-14-7-8-17-43(37)44(38)31-42/h1-31H. The number of benzene rings is 8. The smallest absolute Gasteiger partial charge is 0.164 e. The highest BCUT2D eigenvalue weighted by Gasteiger charge is 2.14. The summed E-state index contributed by atoms with van der Waals surface area (Å²) in [5.41, 5.74) is 9.81. The van der Waals surface area contributed by atoms with E-state index < -0.39 is 0 Å². The maximum absolute atomic E-state index is 5.10. The average molecular weight is 638 g/mol. The Hall–Kier alpha value is -6.71. The van der Waals surface area contributed by atoms with E-state index in [4.69, 9.17) is 15.0 Å². The van der Waals surface area contributed by atoms with Gasteiger partial charge in [-0.1, -0.05) is 176 Å². The van der Waals surface area contributed by atoms with Gasteiger partial charge in [0, 0.05) is 16.7 Å². The van der Waals surface area contributed by atoms with E-state index in [9.17, 15) is 0 Å². The molecule has 0 aliphatic heterocycles. The van der Waals surface area contributed by atoms with Crippen molar-refractivity contribution >= 4 is 21.5 Å². The number of aromatic nitrogens is 3. The molecule has 8 aromatic carbocycles. The molecule has 0 saturated heterocycles. The Morgan fingerprint density at radius 3 is 1.22 bits per heavy atom. The zero-order valence-corrected chi connectivity index (χ0v) is 27.2. The molecule has 3 nitrogen and oxygen atoms in total. The first-order chi connectivity index (χ1) is 24.7. The van der Waals surface area contributed by atoms with Crippen LogP contribution < -0.4 is 0 Å². The van der Waals surface area contributed by atoms with Crippen molar-refractivity contribution < 1.29 is 0 Å². The van der Waals surface area contributed by atoms with Crippen molar-refractivity contribution in [3.8, 4) is 67.5 Å². The molecule has 0 bridgehead atoms. The first-order valence-corrected chi connectivity index (χ1v) is 16.9. The van der Waals surface area contributed by atoms with E-state index in [0.717, 1.165) is 38.9 Å². The fraction of sp³-hybridized carbons (Fsp3) is 0. The summed E-state index contributed by atoms with van der Waals surface area (Å²) in [6.45, 7) is 0. The topological polar surface area (TPSA) is 38.7 Å². The van der Waals surface area contributed by atoms with Crippen LogP contribution in [0.4, 0.5) is 0 Å². The predicted octanol–water partition coefficient (Wildman–Crippen LogP) is 12.2. The number of hydrogen-bond acceptors (Lipinski definition) is 3. The summed E-state index contributed by atoms with van der Waals surface area (Å²) < 4.78 is 0. The van der Waals surface area contributed by atoms with E-state index in [0.29, 0.717) is 17.5 Å². The third-order valence-electron chi connectivity index (χ3n) is 9.34. The van der Waals surface area contributed by atoms with Crippen molar-refractivity contribution in [2.75, 3.05) is 0 Å². The molecule has 0 unspecified atom stereocenters. The van der Waals surface area contributed by atoms with Crippen LogP contribution in [0.3, 0.4) is 0 Å². The lowest BCUT2D eigenvalue weighted by atomic mass is 9.99. The summed E-state index contributed by atoms with van der Waals surface area (Å²) in [5.74, 6) is 1.92. The minimum Gasteiger partial charge on any atom is -0.208 e. The van der Waals surface area contributed by atoms with Gasteiger partial charge in [0.25, 0.3) is 0 Å². The Morgan fingerprint density at radius 1 is 0.220 bits per heavy atom. The molecular formula is C47H31N3. The number of fused-ring (bicyclic) bond motifs is 3. The largest absolute Gasteiger partial charge is 0.208 e. The van der Waals surface area contributed by atoms with Gasteiger partial charge in [0.05, 0.1) is 0 Å². The monoisotopic (exact) mass is 637 g/mol. The van der Waals surface area contributed by atoms with Crippen LogP contribution in [-0.2, 0) is 0 Å². The number of hydrogen-bond donors (Lipinski definition) is 0. The Kier molecular flexibility index (Phi) is 7.49. The minimum absolute atomic E-state index is 0.638. The number of rotatable bonds is 6. The summed E-state index contributed by atoms with van der Waals surface area (Å²) in [5, 5.41) is 4.79. The van der Waals surface area contributed by atoms with Gasteiger partial charge in [0.15, 0.2) is 17.5 Å². The molecule has 0 radical (unpaired) electrons. The molecule has 1 aromatic heterocycles. The fourth-order valence-electron chi connectivity index (χ4n) is 6.67. The zero-order valence-electron chi connectivity index (χ0n) is 27.2. The molecular weight excluding hydrogens is 607 g/mol. The highest BCUT2D eigenvalue weighted by molar-refractivity contribution is 6.08. The van der Waals surface area contributed by atoms with Crippen molar-refractivity contribution in [2.24, 2.45) is 0 Å². The molecule has 0 N–H and O–H groups in total. The molecule has 9 aromatic rings. The van der Waals surface area contributed by atoms with Gasteiger partial charge in [-0.15, -0.1) is 0 Å². The quantitative estimate of drug-likeness (QED) is 0.170. The molecule has 0 aliphatic rings. The summed E-state index contributed by atoms with van der Waals surface area (Å²) in [4.78, 5) is 15.3. The lowest BCUT2D eigenvalue weighted by Gasteiger charge is -2.11. The zero-order chi connectivity index (χ0) is 33.3. The van der Waals surface area contributed by atoms with Crippen LogP contribution in [0, 0.1) is 0 Å². The minimum atomic E-state index is 0.638. The fourth-order valence-corrected chi connectivity index (χ4v) is 6.67. The van der Waals surface area contributed by atoms with Crippen LogP contribution in [0.25, 0.3) is 89.1 Å². The second-order valence-corrected chi connectivity index (χ2v) is 12.5. The van der Waals surface area contributed by atoms with Gasteiger partial charge < -0.3 is 0 Å². The highest BCUT2D eigenvalue weighted by atomic mass is 15.0. The maximum atomic E-state index is 5.10. The van der Waals surface area contributed by atoms with E-state index in [2.05, 4.69) is 176 Å². The van der Waals surface area contributed by atoms with E-state index in [1.165, 1.54) is 32.7 Å². The first kappa shape index (κ1) is 29.4. The van der Waals surface area contributed by atoms with Gasteiger partial charge in [-0.3, -0.25) is 0 Å². The molecule has 50 heavy (non-hydrogen) atoms. The van der Waals surface area contributed by atoms with Crippen molar-refractivity contribution in [1.29, 1.82) is 0 Å². The van der Waals surface area contributed by atoms with Crippen molar-refractivity contribution in [1.82, 2.24) is 15.0 Å². The molecule has 234 valence electrons. The molecule has 0 amide bonds. The summed E-state index contributed by atoms with van der Waals surface area (Å²) in [6.07, 6.45) is 0. The van der Waals surface area contributed by atoms with E-state index in [1.54, 1.807) is 0 Å². The third kappa shape index (κ3) is 5.72.